The highest BCUT2D eigenvalue weighted by Gasteiger charge is 2.26. The van der Waals surface area contributed by atoms with Gasteiger partial charge in [0.25, 0.3) is 0 Å². The lowest BCUT2D eigenvalue weighted by atomic mass is 9.76. The highest BCUT2D eigenvalue weighted by molar-refractivity contribution is 5.88. The topological polar surface area (TPSA) is 93.1 Å². The van der Waals surface area contributed by atoms with Crippen molar-refractivity contribution in [3.63, 3.8) is 0 Å². The number of esters is 2. The summed E-state index contributed by atoms with van der Waals surface area (Å²) in [6, 6.07) is 14.1. The molecule has 43 heavy (non-hydrogen) atoms. The predicted octanol–water partition coefficient (Wildman–Crippen LogP) is 7.08. The standard InChI is InChI=1S/C36H47FO6/c1-4-5-6-7-27-10-14-30(15-11-27)32-18-19-33(34(37)20-32)31-16-12-28(13-17-31)8-9-29(23-42-35(40)25(2)21-38)24-43-36(41)26(3)22-39/h10-11,14-15,18-20,28-29,31,38-39H,2-9,12-13,16-17,21-24H2,1H3. The minimum Gasteiger partial charge on any atom is -0.462 e. The van der Waals surface area contributed by atoms with Gasteiger partial charge in [0.05, 0.1) is 37.6 Å². The van der Waals surface area contributed by atoms with Crippen molar-refractivity contribution in [2.45, 2.75) is 77.0 Å². The van der Waals surface area contributed by atoms with E-state index in [4.69, 9.17) is 19.7 Å². The van der Waals surface area contributed by atoms with Crippen LogP contribution < -0.4 is 0 Å². The van der Waals surface area contributed by atoms with Gasteiger partial charge in [-0.1, -0.05) is 69.3 Å². The van der Waals surface area contributed by atoms with Gasteiger partial charge in [-0.3, -0.25) is 0 Å². The second-order valence-corrected chi connectivity index (χ2v) is 11.8. The monoisotopic (exact) mass is 594 g/mol. The van der Waals surface area contributed by atoms with Crippen LogP contribution in [0.15, 0.2) is 66.8 Å². The van der Waals surface area contributed by atoms with Crippen LogP contribution in [0, 0.1) is 17.7 Å². The third-order valence-electron chi connectivity index (χ3n) is 8.49. The first kappa shape index (κ1) is 34.2. The van der Waals surface area contributed by atoms with Crippen LogP contribution in [0.2, 0.25) is 0 Å². The van der Waals surface area contributed by atoms with Crippen LogP contribution in [0.25, 0.3) is 11.1 Å². The number of carbonyl (C=O) groups excluding carboxylic acids is 2. The number of unbranched alkanes of at least 4 members (excludes halogenated alkanes) is 2. The number of aliphatic hydroxyl groups is 2. The molecule has 1 fully saturated rings. The van der Waals surface area contributed by atoms with E-state index in [2.05, 4.69) is 44.3 Å². The van der Waals surface area contributed by atoms with Gasteiger partial charge < -0.3 is 19.7 Å². The molecule has 2 N–H and O–H groups in total. The van der Waals surface area contributed by atoms with E-state index in [9.17, 15) is 9.59 Å². The van der Waals surface area contributed by atoms with Crippen LogP contribution in [0.1, 0.15) is 81.8 Å². The zero-order chi connectivity index (χ0) is 31.2. The first-order valence-corrected chi connectivity index (χ1v) is 15.6. The number of rotatable bonds is 17. The van der Waals surface area contributed by atoms with Crippen LogP contribution >= 0.6 is 0 Å². The summed E-state index contributed by atoms with van der Waals surface area (Å²) < 4.78 is 25.8. The van der Waals surface area contributed by atoms with Crippen molar-refractivity contribution in [3.05, 3.63) is 83.7 Å². The highest BCUT2D eigenvalue weighted by atomic mass is 19.1. The molecule has 0 radical (unpaired) electrons. The molecule has 0 unspecified atom stereocenters. The number of aliphatic hydroxyl groups excluding tert-OH is 2. The van der Waals surface area contributed by atoms with Crippen molar-refractivity contribution in [3.8, 4) is 11.1 Å². The Morgan fingerprint density at radius 2 is 1.47 bits per heavy atom. The van der Waals surface area contributed by atoms with E-state index in [1.165, 1.54) is 24.8 Å². The van der Waals surface area contributed by atoms with Gasteiger partial charge in [0, 0.05) is 5.92 Å². The average Bonchev–Trinajstić information content (AvgIpc) is 3.04. The van der Waals surface area contributed by atoms with Crippen molar-refractivity contribution in [1.82, 2.24) is 0 Å². The maximum atomic E-state index is 15.3. The van der Waals surface area contributed by atoms with Gasteiger partial charge in [-0.05, 0) is 91.5 Å². The Morgan fingerprint density at radius 1 is 0.884 bits per heavy atom. The fourth-order valence-corrected chi connectivity index (χ4v) is 5.65. The molecule has 1 aliphatic rings. The number of hydrogen-bond donors (Lipinski definition) is 2. The molecule has 1 aliphatic carbocycles. The van der Waals surface area contributed by atoms with E-state index < -0.39 is 25.2 Å². The summed E-state index contributed by atoms with van der Waals surface area (Å²) >= 11 is 0. The Bertz CT molecular complexity index is 1180. The second-order valence-electron chi connectivity index (χ2n) is 11.8. The van der Waals surface area contributed by atoms with E-state index in [1.807, 2.05) is 12.1 Å². The minimum absolute atomic E-state index is 0.0191. The van der Waals surface area contributed by atoms with Gasteiger partial charge in [0.15, 0.2) is 0 Å². The zero-order valence-corrected chi connectivity index (χ0v) is 25.5. The summed E-state index contributed by atoms with van der Waals surface area (Å²) in [5, 5.41) is 18.2. The lowest BCUT2D eigenvalue weighted by Crippen LogP contribution is -2.24. The van der Waals surface area contributed by atoms with E-state index in [0.717, 1.165) is 55.2 Å². The number of aryl methyl sites for hydroxylation is 1. The van der Waals surface area contributed by atoms with Gasteiger partial charge in [-0.2, -0.15) is 0 Å². The molecule has 0 amide bonds. The van der Waals surface area contributed by atoms with Gasteiger partial charge in [0.1, 0.15) is 5.82 Å². The van der Waals surface area contributed by atoms with Crippen molar-refractivity contribution < 1.29 is 33.7 Å². The quantitative estimate of drug-likeness (QED) is 0.116. The van der Waals surface area contributed by atoms with Crippen LogP contribution in [-0.4, -0.2) is 48.6 Å². The third-order valence-corrected chi connectivity index (χ3v) is 8.49. The maximum Gasteiger partial charge on any atom is 0.335 e. The Morgan fingerprint density at radius 3 is 2.00 bits per heavy atom. The van der Waals surface area contributed by atoms with Crippen molar-refractivity contribution in [2.24, 2.45) is 11.8 Å². The smallest absolute Gasteiger partial charge is 0.335 e. The molecule has 0 saturated heterocycles. The third kappa shape index (κ3) is 10.7. The number of carbonyl (C=O) groups is 2. The first-order valence-electron chi connectivity index (χ1n) is 15.6. The number of ether oxygens (including phenoxy) is 2. The molecule has 234 valence electrons. The zero-order valence-electron chi connectivity index (χ0n) is 25.5. The minimum atomic E-state index is -0.688. The average molecular weight is 595 g/mol. The molecule has 1 saturated carbocycles. The molecule has 0 aromatic heterocycles. The SMILES string of the molecule is C=C(CO)C(=O)OCC(CCC1CCC(c2ccc(-c3ccc(CCCCC)cc3)cc2F)CC1)COC(=O)C(=C)CO. The predicted molar refractivity (Wildman–Crippen MR) is 167 cm³/mol. The lowest BCUT2D eigenvalue weighted by Gasteiger charge is -2.30. The van der Waals surface area contributed by atoms with Gasteiger partial charge >= 0.3 is 11.9 Å². The van der Waals surface area contributed by atoms with Crippen molar-refractivity contribution in [2.75, 3.05) is 26.4 Å². The number of benzene rings is 2. The fraction of sp³-hybridized carbons (Fsp3) is 0.500. The largest absolute Gasteiger partial charge is 0.462 e. The molecule has 0 heterocycles. The summed E-state index contributed by atoms with van der Waals surface area (Å²) in [6.45, 7) is 8.21. The van der Waals surface area contributed by atoms with Gasteiger partial charge in [-0.25, -0.2) is 14.0 Å². The van der Waals surface area contributed by atoms with Crippen LogP contribution in [0.3, 0.4) is 0 Å². The highest BCUT2D eigenvalue weighted by Crippen LogP contribution is 2.39. The summed E-state index contributed by atoms with van der Waals surface area (Å²) in [6.07, 6.45) is 9.93. The molecule has 0 atom stereocenters. The van der Waals surface area contributed by atoms with Crippen molar-refractivity contribution >= 4 is 11.9 Å². The first-order chi connectivity index (χ1) is 20.7. The Balaban J connectivity index is 1.52. The van der Waals surface area contributed by atoms with E-state index >= 15 is 4.39 Å². The molecule has 2 aromatic rings. The molecule has 7 heteroatoms. The molecule has 6 nitrogen and oxygen atoms in total. The molecule has 0 aliphatic heterocycles. The summed E-state index contributed by atoms with van der Waals surface area (Å²) in [4.78, 5) is 23.9. The summed E-state index contributed by atoms with van der Waals surface area (Å²) in [7, 11) is 0. The number of hydrogen-bond acceptors (Lipinski definition) is 6. The molecule has 2 aromatic carbocycles. The molecule has 0 spiro atoms. The van der Waals surface area contributed by atoms with Gasteiger partial charge in [0.2, 0.25) is 0 Å². The second kappa shape index (κ2) is 17.7. The van der Waals surface area contributed by atoms with E-state index in [1.54, 1.807) is 6.07 Å². The fourth-order valence-electron chi connectivity index (χ4n) is 5.65. The van der Waals surface area contributed by atoms with Gasteiger partial charge in [-0.15, -0.1) is 0 Å². The molecule has 0 bridgehead atoms. The van der Waals surface area contributed by atoms with Crippen LogP contribution in [0.4, 0.5) is 4.39 Å². The molecular formula is C36H47FO6. The number of halogens is 1. The molecular weight excluding hydrogens is 547 g/mol. The summed E-state index contributed by atoms with van der Waals surface area (Å²) in [5.74, 6) is -1.16. The Labute approximate surface area is 255 Å². The van der Waals surface area contributed by atoms with E-state index in [0.29, 0.717) is 12.3 Å². The van der Waals surface area contributed by atoms with Crippen molar-refractivity contribution in [1.29, 1.82) is 0 Å². The molecule has 3 rings (SSSR count). The lowest BCUT2D eigenvalue weighted by molar-refractivity contribution is -0.144. The normalized spacial score (nSPS) is 16.6. The summed E-state index contributed by atoms with van der Waals surface area (Å²) in [5.41, 5.74) is 3.94. The van der Waals surface area contributed by atoms with E-state index in [-0.39, 0.29) is 42.0 Å². The Hall–Kier alpha value is -3.29. The maximum absolute atomic E-state index is 15.3. The van der Waals surface area contributed by atoms with Crippen LogP contribution in [-0.2, 0) is 25.5 Å². The van der Waals surface area contributed by atoms with Crippen LogP contribution in [0.5, 0.6) is 0 Å². The Kier molecular flexibility index (Phi) is 14.1.